The number of hydrogen-bond donors (Lipinski definition) is 0. The van der Waals surface area contributed by atoms with Gasteiger partial charge in [-0.05, 0) is 83.5 Å². The van der Waals surface area contributed by atoms with E-state index in [1.165, 1.54) is 231 Å². The summed E-state index contributed by atoms with van der Waals surface area (Å²) in [4.78, 5) is 38.4. The maximum Gasteiger partial charge on any atom is 0.306 e. The SMILES string of the molecule is CC/C=C\C/C=C\C/C=C\CCCCCCCCCC(=O)OC(COC(=O)CCCCCCCCCCCCCCCCCC)COC(=O)CCCCCCCCCCCCCCCCC/C=C\C/C=C\CCCCCCC. The first-order valence-corrected chi connectivity index (χ1v) is 34.3. The van der Waals surface area contributed by atoms with Crippen molar-refractivity contribution in [2.45, 2.75) is 367 Å². The van der Waals surface area contributed by atoms with Crippen LogP contribution in [0.4, 0.5) is 0 Å². The fourth-order valence-electron chi connectivity index (χ4n) is 10.1. The van der Waals surface area contributed by atoms with Crippen molar-refractivity contribution in [3.63, 3.8) is 0 Å². The van der Waals surface area contributed by atoms with Crippen molar-refractivity contribution >= 4 is 17.9 Å². The lowest BCUT2D eigenvalue weighted by Crippen LogP contribution is -2.30. The standard InChI is InChI=1S/C72H130O6/c1-4-7-10-13-16-19-22-25-28-31-32-33-34-35-36-37-38-39-40-42-44-47-50-53-56-59-62-65-71(74)77-68-69(67-76-70(73)64-61-58-55-52-49-46-43-30-27-24-21-18-15-12-9-6-3)78-72(75)66-63-60-57-54-51-48-45-41-29-26-23-20-17-14-11-8-5-2/h8,11,17,20,22,25-26,29,31-32,69H,4-7,9-10,12-16,18-19,21,23-24,27-28,30,33-68H2,1-3H3/b11-8-,20-17-,25-22-,29-26-,32-31-. The molecule has 0 aliphatic rings. The molecule has 0 aromatic heterocycles. The average molecular weight is 1090 g/mol. The molecule has 0 saturated heterocycles. The molecule has 1 unspecified atom stereocenters. The van der Waals surface area contributed by atoms with E-state index in [9.17, 15) is 14.4 Å². The van der Waals surface area contributed by atoms with Gasteiger partial charge in [-0.25, -0.2) is 0 Å². The van der Waals surface area contributed by atoms with Crippen LogP contribution in [-0.2, 0) is 28.6 Å². The Balaban J connectivity index is 4.26. The van der Waals surface area contributed by atoms with Crippen LogP contribution in [0.1, 0.15) is 361 Å². The largest absolute Gasteiger partial charge is 0.462 e. The number of unbranched alkanes of at least 4 members (excludes halogenated alkanes) is 42. The van der Waals surface area contributed by atoms with Gasteiger partial charge in [-0.3, -0.25) is 14.4 Å². The molecule has 1 atom stereocenters. The van der Waals surface area contributed by atoms with Gasteiger partial charge in [0, 0.05) is 19.3 Å². The van der Waals surface area contributed by atoms with Crippen molar-refractivity contribution < 1.29 is 28.6 Å². The summed E-state index contributed by atoms with van der Waals surface area (Å²) in [6.45, 7) is 6.57. The highest BCUT2D eigenvalue weighted by atomic mass is 16.6. The molecule has 0 radical (unpaired) electrons. The number of allylic oxidation sites excluding steroid dienone is 10. The lowest BCUT2D eigenvalue weighted by molar-refractivity contribution is -0.167. The molecule has 0 aliphatic heterocycles. The van der Waals surface area contributed by atoms with Crippen molar-refractivity contribution in [3.05, 3.63) is 60.8 Å². The van der Waals surface area contributed by atoms with Crippen LogP contribution in [0.2, 0.25) is 0 Å². The second-order valence-electron chi connectivity index (χ2n) is 23.1. The molecule has 0 rings (SSSR count). The summed E-state index contributed by atoms with van der Waals surface area (Å²) < 4.78 is 17.0. The molecule has 454 valence electrons. The van der Waals surface area contributed by atoms with Gasteiger partial charge < -0.3 is 14.2 Å². The third kappa shape index (κ3) is 63.9. The molecule has 0 aromatic carbocycles. The second kappa shape index (κ2) is 66.6. The maximum atomic E-state index is 12.9. The first-order chi connectivity index (χ1) is 38.5. The average Bonchev–Trinajstić information content (AvgIpc) is 3.44. The van der Waals surface area contributed by atoms with Gasteiger partial charge in [-0.1, -0.05) is 319 Å². The van der Waals surface area contributed by atoms with E-state index in [-0.39, 0.29) is 31.1 Å². The van der Waals surface area contributed by atoms with Crippen LogP contribution in [-0.4, -0.2) is 37.2 Å². The van der Waals surface area contributed by atoms with Crippen LogP contribution in [0.3, 0.4) is 0 Å². The Labute approximate surface area is 485 Å². The van der Waals surface area contributed by atoms with Crippen molar-refractivity contribution in [2.24, 2.45) is 0 Å². The summed E-state index contributed by atoms with van der Waals surface area (Å²) in [6, 6.07) is 0. The van der Waals surface area contributed by atoms with Crippen LogP contribution in [0.25, 0.3) is 0 Å². The number of carbonyl (C=O) groups is 3. The Morgan fingerprint density at radius 2 is 0.500 bits per heavy atom. The van der Waals surface area contributed by atoms with Crippen LogP contribution in [0.5, 0.6) is 0 Å². The molecule has 0 aromatic rings. The van der Waals surface area contributed by atoms with E-state index in [4.69, 9.17) is 14.2 Å². The predicted molar refractivity (Wildman–Crippen MR) is 339 cm³/mol. The molecule has 6 heteroatoms. The summed E-state index contributed by atoms with van der Waals surface area (Å²) in [6.07, 6.45) is 85.2. The third-order valence-corrected chi connectivity index (χ3v) is 15.3. The minimum absolute atomic E-state index is 0.0739. The molecule has 0 saturated carbocycles. The lowest BCUT2D eigenvalue weighted by Gasteiger charge is -2.18. The fourth-order valence-corrected chi connectivity index (χ4v) is 10.1. The highest BCUT2D eigenvalue weighted by Crippen LogP contribution is 2.18. The van der Waals surface area contributed by atoms with E-state index >= 15 is 0 Å². The molecule has 0 spiro atoms. The Morgan fingerprint density at radius 3 is 0.782 bits per heavy atom. The van der Waals surface area contributed by atoms with Crippen molar-refractivity contribution in [3.8, 4) is 0 Å². The minimum Gasteiger partial charge on any atom is -0.462 e. The topological polar surface area (TPSA) is 78.9 Å². The first kappa shape index (κ1) is 75.1. The summed E-state index contributed by atoms with van der Waals surface area (Å²) in [5.74, 6) is -0.861. The molecule has 78 heavy (non-hydrogen) atoms. The summed E-state index contributed by atoms with van der Waals surface area (Å²) >= 11 is 0. The van der Waals surface area contributed by atoms with Gasteiger partial charge in [0.25, 0.3) is 0 Å². The van der Waals surface area contributed by atoms with Crippen LogP contribution < -0.4 is 0 Å². The predicted octanol–water partition coefficient (Wildman–Crippen LogP) is 23.5. The van der Waals surface area contributed by atoms with Crippen molar-refractivity contribution in [1.82, 2.24) is 0 Å². The Bertz CT molecular complexity index is 1390. The van der Waals surface area contributed by atoms with Crippen LogP contribution >= 0.6 is 0 Å². The number of carbonyl (C=O) groups excluding carboxylic acids is 3. The molecule has 0 heterocycles. The molecule has 0 amide bonds. The first-order valence-electron chi connectivity index (χ1n) is 34.3. The number of ether oxygens (including phenoxy) is 3. The zero-order chi connectivity index (χ0) is 56.4. The minimum atomic E-state index is -0.779. The lowest BCUT2D eigenvalue weighted by atomic mass is 10.0. The molecular formula is C72H130O6. The van der Waals surface area contributed by atoms with Crippen LogP contribution in [0.15, 0.2) is 60.8 Å². The van der Waals surface area contributed by atoms with Gasteiger partial charge in [0.2, 0.25) is 0 Å². The maximum absolute atomic E-state index is 12.9. The summed E-state index contributed by atoms with van der Waals surface area (Å²) in [7, 11) is 0. The highest BCUT2D eigenvalue weighted by Gasteiger charge is 2.19. The van der Waals surface area contributed by atoms with Gasteiger partial charge in [0.05, 0.1) is 0 Å². The quantitative estimate of drug-likeness (QED) is 0.0261. The monoisotopic (exact) mass is 1090 g/mol. The van der Waals surface area contributed by atoms with E-state index in [1.807, 2.05) is 0 Å². The number of hydrogen-bond acceptors (Lipinski definition) is 6. The van der Waals surface area contributed by atoms with Crippen LogP contribution in [0, 0.1) is 0 Å². The number of esters is 3. The summed E-state index contributed by atoms with van der Waals surface area (Å²) in [5.41, 5.74) is 0. The van der Waals surface area contributed by atoms with E-state index in [1.54, 1.807) is 0 Å². The smallest absolute Gasteiger partial charge is 0.306 e. The van der Waals surface area contributed by atoms with Crippen molar-refractivity contribution in [2.75, 3.05) is 13.2 Å². The van der Waals surface area contributed by atoms with E-state index < -0.39 is 6.10 Å². The Hall–Kier alpha value is -2.89. The zero-order valence-corrected chi connectivity index (χ0v) is 52.2. The highest BCUT2D eigenvalue weighted by molar-refractivity contribution is 5.71. The van der Waals surface area contributed by atoms with Gasteiger partial charge in [0.15, 0.2) is 6.10 Å². The van der Waals surface area contributed by atoms with Gasteiger partial charge >= 0.3 is 17.9 Å². The Kier molecular flexibility index (Phi) is 64.2. The number of rotatable bonds is 63. The second-order valence-corrected chi connectivity index (χ2v) is 23.1. The molecular weight excluding hydrogens is 961 g/mol. The molecule has 0 N–H and O–H groups in total. The van der Waals surface area contributed by atoms with E-state index in [2.05, 4.69) is 81.5 Å². The molecule has 0 bridgehead atoms. The fraction of sp³-hybridized carbons (Fsp3) is 0.819. The third-order valence-electron chi connectivity index (χ3n) is 15.3. The van der Waals surface area contributed by atoms with Gasteiger partial charge in [-0.2, -0.15) is 0 Å². The van der Waals surface area contributed by atoms with E-state index in [0.29, 0.717) is 19.3 Å². The molecule has 6 nitrogen and oxygen atoms in total. The summed E-state index contributed by atoms with van der Waals surface area (Å²) in [5, 5.41) is 0. The zero-order valence-electron chi connectivity index (χ0n) is 52.2. The van der Waals surface area contributed by atoms with Crippen molar-refractivity contribution in [1.29, 1.82) is 0 Å². The van der Waals surface area contributed by atoms with Gasteiger partial charge in [-0.15, -0.1) is 0 Å². The molecule has 0 fully saturated rings. The van der Waals surface area contributed by atoms with E-state index in [0.717, 1.165) is 89.9 Å². The normalized spacial score (nSPS) is 12.4. The van der Waals surface area contributed by atoms with Gasteiger partial charge in [0.1, 0.15) is 13.2 Å². The Morgan fingerprint density at radius 1 is 0.269 bits per heavy atom. The molecule has 0 aliphatic carbocycles.